The minimum absolute atomic E-state index is 0.160. The Morgan fingerprint density at radius 1 is 1.29 bits per heavy atom. The molecule has 0 saturated carbocycles. The molecule has 1 aliphatic heterocycles. The maximum Gasteiger partial charge on any atom is 0.265 e. The highest BCUT2D eigenvalue weighted by atomic mass is 35.5. The fraction of sp³-hybridized carbons (Fsp3) is 0.222. The summed E-state index contributed by atoms with van der Waals surface area (Å²) in [4.78, 5) is 23.7. The first-order valence-corrected chi connectivity index (χ1v) is 8.05. The Balaban J connectivity index is 1.60. The topological polar surface area (TPSA) is 67.4 Å². The van der Waals surface area contributed by atoms with Crippen LogP contribution in [0.15, 0.2) is 42.5 Å². The molecular formula is C18H17ClN2O3. The summed E-state index contributed by atoms with van der Waals surface area (Å²) in [5.41, 5.74) is 2.11. The predicted molar refractivity (Wildman–Crippen MR) is 92.7 cm³/mol. The zero-order valence-corrected chi connectivity index (χ0v) is 13.9. The molecule has 2 amide bonds. The highest BCUT2D eigenvalue weighted by Crippen LogP contribution is 2.30. The Labute approximate surface area is 145 Å². The average Bonchev–Trinajstić information content (AvgIpc) is 2.56. The van der Waals surface area contributed by atoms with E-state index in [1.165, 1.54) is 0 Å². The van der Waals surface area contributed by atoms with Gasteiger partial charge in [-0.3, -0.25) is 9.59 Å². The Hall–Kier alpha value is -2.53. The third-order valence-electron chi connectivity index (χ3n) is 3.79. The molecule has 1 heterocycles. The summed E-state index contributed by atoms with van der Waals surface area (Å²) in [5, 5.41) is 6.08. The van der Waals surface area contributed by atoms with Gasteiger partial charge in [-0.1, -0.05) is 29.8 Å². The molecule has 0 aromatic heterocycles. The Kier molecular flexibility index (Phi) is 4.71. The van der Waals surface area contributed by atoms with Crippen LogP contribution in [0.25, 0.3) is 0 Å². The fourth-order valence-electron chi connectivity index (χ4n) is 2.47. The van der Waals surface area contributed by atoms with Crippen molar-refractivity contribution in [2.45, 2.75) is 19.4 Å². The lowest BCUT2D eigenvalue weighted by Gasteiger charge is -2.23. The summed E-state index contributed by atoms with van der Waals surface area (Å²) in [7, 11) is 0. The van der Waals surface area contributed by atoms with Gasteiger partial charge in [0.1, 0.15) is 5.75 Å². The number of hydrogen-bond acceptors (Lipinski definition) is 3. The smallest absolute Gasteiger partial charge is 0.265 e. The van der Waals surface area contributed by atoms with E-state index in [4.69, 9.17) is 16.3 Å². The minimum Gasteiger partial charge on any atom is -0.479 e. The lowest BCUT2D eigenvalue weighted by atomic mass is 10.1. The lowest BCUT2D eigenvalue weighted by Crippen LogP contribution is -2.34. The third-order valence-corrected chi connectivity index (χ3v) is 4.12. The molecule has 1 atom stereocenters. The van der Waals surface area contributed by atoms with Gasteiger partial charge >= 0.3 is 0 Å². The number of halogens is 1. The highest BCUT2D eigenvalue weighted by molar-refractivity contribution is 6.33. The van der Waals surface area contributed by atoms with Gasteiger partial charge in [-0.15, -0.1) is 0 Å². The maximum absolute atomic E-state index is 12.1. The summed E-state index contributed by atoms with van der Waals surface area (Å²) < 4.78 is 5.52. The number of nitrogens with one attached hydrogen (secondary N) is 2. The first-order valence-electron chi connectivity index (χ1n) is 7.68. The first-order chi connectivity index (χ1) is 11.5. The lowest BCUT2D eigenvalue weighted by molar-refractivity contribution is -0.122. The summed E-state index contributed by atoms with van der Waals surface area (Å²) in [6, 6.07) is 12.5. The van der Waals surface area contributed by atoms with Gasteiger partial charge in [-0.05, 0) is 43.2 Å². The second kappa shape index (κ2) is 6.93. The van der Waals surface area contributed by atoms with E-state index in [9.17, 15) is 9.59 Å². The first kappa shape index (κ1) is 16.3. The highest BCUT2D eigenvalue weighted by Gasteiger charge is 2.23. The number of rotatable bonds is 4. The van der Waals surface area contributed by atoms with Gasteiger partial charge in [-0.2, -0.15) is 0 Å². The SMILES string of the molecule is CC1Oc2ccc(CCNC(=O)c3ccccc3Cl)cc2NC1=O. The van der Waals surface area contributed by atoms with Gasteiger partial charge in [0.05, 0.1) is 16.3 Å². The normalized spacial score (nSPS) is 15.9. The van der Waals surface area contributed by atoms with Crippen LogP contribution in [0, 0.1) is 0 Å². The second-order valence-corrected chi connectivity index (χ2v) is 5.97. The fourth-order valence-corrected chi connectivity index (χ4v) is 2.69. The van der Waals surface area contributed by atoms with Gasteiger partial charge in [0.25, 0.3) is 11.8 Å². The van der Waals surface area contributed by atoms with Gasteiger partial charge in [0.15, 0.2) is 6.10 Å². The minimum atomic E-state index is -0.488. The molecule has 0 fully saturated rings. The zero-order chi connectivity index (χ0) is 17.1. The van der Waals surface area contributed by atoms with Crippen LogP contribution in [-0.4, -0.2) is 24.5 Å². The van der Waals surface area contributed by atoms with Crippen LogP contribution >= 0.6 is 11.6 Å². The van der Waals surface area contributed by atoms with Crippen LogP contribution in [0.3, 0.4) is 0 Å². The molecule has 3 rings (SSSR count). The van der Waals surface area contributed by atoms with E-state index < -0.39 is 6.10 Å². The Morgan fingerprint density at radius 3 is 2.88 bits per heavy atom. The number of fused-ring (bicyclic) bond motifs is 1. The molecule has 6 heteroatoms. The average molecular weight is 345 g/mol. The van der Waals surface area contributed by atoms with E-state index in [2.05, 4.69) is 10.6 Å². The van der Waals surface area contributed by atoms with E-state index in [-0.39, 0.29) is 11.8 Å². The van der Waals surface area contributed by atoms with Crippen molar-refractivity contribution < 1.29 is 14.3 Å². The molecule has 24 heavy (non-hydrogen) atoms. The summed E-state index contributed by atoms with van der Waals surface area (Å²) in [5.74, 6) is 0.293. The molecule has 2 N–H and O–H groups in total. The van der Waals surface area contributed by atoms with Crippen molar-refractivity contribution in [2.24, 2.45) is 0 Å². The van der Waals surface area contributed by atoms with Crippen molar-refractivity contribution in [1.82, 2.24) is 5.32 Å². The monoisotopic (exact) mass is 344 g/mol. The van der Waals surface area contributed by atoms with Gasteiger partial charge in [0, 0.05) is 6.54 Å². The Morgan fingerprint density at radius 2 is 2.08 bits per heavy atom. The molecule has 5 nitrogen and oxygen atoms in total. The van der Waals surface area contributed by atoms with Crippen LogP contribution < -0.4 is 15.4 Å². The Bertz CT molecular complexity index is 792. The largest absolute Gasteiger partial charge is 0.479 e. The molecule has 0 bridgehead atoms. The number of anilines is 1. The van der Waals surface area contributed by atoms with Gasteiger partial charge < -0.3 is 15.4 Å². The molecule has 0 radical (unpaired) electrons. The zero-order valence-electron chi connectivity index (χ0n) is 13.1. The standard InChI is InChI=1S/C18H17ClN2O3/c1-11-17(22)21-15-10-12(6-7-16(15)24-11)8-9-20-18(23)13-4-2-3-5-14(13)19/h2-7,10-11H,8-9H2,1H3,(H,20,23)(H,21,22). The van der Waals surface area contributed by atoms with E-state index in [0.29, 0.717) is 35.0 Å². The molecule has 0 saturated heterocycles. The maximum atomic E-state index is 12.1. The molecular weight excluding hydrogens is 328 g/mol. The summed E-state index contributed by atoms with van der Waals surface area (Å²) >= 11 is 6.00. The predicted octanol–water partition coefficient (Wildman–Crippen LogP) is 3.03. The van der Waals surface area contributed by atoms with Gasteiger partial charge in [0.2, 0.25) is 0 Å². The summed E-state index contributed by atoms with van der Waals surface area (Å²) in [6.07, 6.45) is 0.146. The number of ether oxygens (including phenoxy) is 1. The van der Waals surface area contributed by atoms with Crippen LogP contribution in [0.4, 0.5) is 5.69 Å². The van der Waals surface area contributed by atoms with Crippen molar-refractivity contribution >= 4 is 29.1 Å². The van der Waals surface area contributed by atoms with Crippen LogP contribution in [-0.2, 0) is 11.2 Å². The molecule has 124 valence electrons. The van der Waals surface area contributed by atoms with E-state index in [0.717, 1.165) is 5.56 Å². The van der Waals surface area contributed by atoms with Crippen molar-refractivity contribution in [3.8, 4) is 5.75 Å². The molecule has 2 aromatic carbocycles. The third kappa shape index (κ3) is 3.51. The second-order valence-electron chi connectivity index (χ2n) is 5.57. The quantitative estimate of drug-likeness (QED) is 0.895. The van der Waals surface area contributed by atoms with Crippen molar-refractivity contribution in [2.75, 3.05) is 11.9 Å². The molecule has 1 aliphatic rings. The number of carbonyl (C=O) groups excluding carboxylic acids is 2. The molecule has 1 unspecified atom stereocenters. The molecule has 0 aliphatic carbocycles. The summed E-state index contributed by atoms with van der Waals surface area (Å²) in [6.45, 7) is 2.17. The number of carbonyl (C=O) groups is 2. The number of amides is 2. The van der Waals surface area contributed by atoms with Crippen molar-refractivity contribution in [3.63, 3.8) is 0 Å². The van der Waals surface area contributed by atoms with Crippen molar-refractivity contribution in [3.05, 3.63) is 58.6 Å². The van der Waals surface area contributed by atoms with E-state index in [1.54, 1.807) is 31.2 Å². The number of benzene rings is 2. The molecule has 2 aromatic rings. The van der Waals surface area contributed by atoms with Crippen LogP contribution in [0.5, 0.6) is 5.75 Å². The van der Waals surface area contributed by atoms with E-state index in [1.807, 2.05) is 18.2 Å². The van der Waals surface area contributed by atoms with Crippen LogP contribution in [0.1, 0.15) is 22.8 Å². The van der Waals surface area contributed by atoms with E-state index >= 15 is 0 Å². The van der Waals surface area contributed by atoms with Crippen molar-refractivity contribution in [1.29, 1.82) is 0 Å². The van der Waals surface area contributed by atoms with Crippen LogP contribution in [0.2, 0.25) is 5.02 Å². The van der Waals surface area contributed by atoms with Gasteiger partial charge in [-0.25, -0.2) is 0 Å². The molecule has 0 spiro atoms. The number of hydrogen-bond donors (Lipinski definition) is 2.